The first-order valence-corrected chi connectivity index (χ1v) is 7.05. The Bertz CT molecular complexity index is 369. The lowest BCUT2D eigenvalue weighted by molar-refractivity contribution is -0.00620. The highest BCUT2D eigenvalue weighted by molar-refractivity contribution is 5.12. The molecule has 1 aromatic rings. The fraction of sp³-hybridized carbons (Fsp3) is 0.786. The molecule has 2 atom stereocenters. The largest absolute Gasteiger partial charge is 0.377 e. The van der Waals surface area contributed by atoms with Gasteiger partial charge in [-0.05, 0) is 38.8 Å². The van der Waals surface area contributed by atoms with Crippen molar-refractivity contribution < 1.29 is 4.74 Å². The molecule has 0 aliphatic carbocycles. The van der Waals surface area contributed by atoms with Gasteiger partial charge in [-0.2, -0.15) is 5.10 Å². The van der Waals surface area contributed by atoms with Gasteiger partial charge < -0.3 is 10.1 Å². The highest BCUT2D eigenvalue weighted by Crippen LogP contribution is 2.18. The first-order chi connectivity index (χ1) is 8.74. The van der Waals surface area contributed by atoms with Crippen molar-refractivity contribution >= 4 is 0 Å². The van der Waals surface area contributed by atoms with Crippen molar-refractivity contribution in [3.63, 3.8) is 0 Å². The van der Waals surface area contributed by atoms with Crippen LogP contribution in [0.25, 0.3) is 0 Å². The van der Waals surface area contributed by atoms with Gasteiger partial charge in [-0.1, -0.05) is 6.92 Å². The Labute approximate surface area is 110 Å². The molecule has 0 radical (unpaired) electrons. The Morgan fingerprint density at radius 2 is 2.39 bits per heavy atom. The molecule has 4 heteroatoms. The van der Waals surface area contributed by atoms with Crippen LogP contribution in [0.2, 0.25) is 0 Å². The van der Waals surface area contributed by atoms with E-state index in [0.717, 1.165) is 19.4 Å². The predicted octanol–water partition coefficient (Wildman–Crippen LogP) is 1.68. The third-order valence-corrected chi connectivity index (χ3v) is 3.85. The van der Waals surface area contributed by atoms with E-state index in [2.05, 4.69) is 23.4 Å². The number of rotatable bonds is 5. The Kier molecular flexibility index (Phi) is 4.78. The summed E-state index contributed by atoms with van der Waals surface area (Å²) in [6, 6.07) is 2.61. The van der Waals surface area contributed by atoms with Gasteiger partial charge in [-0.25, -0.2) is 0 Å². The van der Waals surface area contributed by atoms with Crippen LogP contribution in [0.1, 0.15) is 37.6 Å². The summed E-state index contributed by atoms with van der Waals surface area (Å²) in [6.45, 7) is 3.06. The fourth-order valence-corrected chi connectivity index (χ4v) is 2.66. The molecule has 0 saturated carbocycles. The average Bonchev–Trinajstić information content (AvgIpc) is 2.77. The van der Waals surface area contributed by atoms with E-state index in [-0.39, 0.29) is 0 Å². The fourth-order valence-electron chi connectivity index (χ4n) is 2.66. The first kappa shape index (κ1) is 13.6. The zero-order valence-corrected chi connectivity index (χ0v) is 11.8. The van der Waals surface area contributed by atoms with Gasteiger partial charge in [0.25, 0.3) is 0 Å². The summed E-state index contributed by atoms with van der Waals surface area (Å²) in [6.07, 6.45) is 6.00. The van der Waals surface area contributed by atoms with Crippen molar-refractivity contribution in [2.75, 3.05) is 13.7 Å². The molecular weight excluding hydrogens is 226 g/mol. The quantitative estimate of drug-likeness (QED) is 0.865. The normalized spacial score (nSPS) is 22.1. The molecule has 1 saturated heterocycles. The van der Waals surface area contributed by atoms with E-state index in [1.807, 2.05) is 18.8 Å². The van der Waals surface area contributed by atoms with Gasteiger partial charge in [0.15, 0.2) is 0 Å². The van der Waals surface area contributed by atoms with Gasteiger partial charge in [-0.15, -0.1) is 0 Å². The zero-order valence-electron chi connectivity index (χ0n) is 11.8. The van der Waals surface area contributed by atoms with E-state index in [0.29, 0.717) is 12.1 Å². The van der Waals surface area contributed by atoms with E-state index in [1.54, 1.807) is 0 Å². The smallest absolute Gasteiger partial charge is 0.0731 e. The van der Waals surface area contributed by atoms with Crippen molar-refractivity contribution in [3.05, 3.63) is 17.5 Å². The molecule has 0 amide bonds. The Morgan fingerprint density at radius 1 is 1.56 bits per heavy atom. The SMILES string of the molecule is CCc1cc(CC(NC)C2CCCCO2)n(C)n1. The van der Waals surface area contributed by atoms with Crippen molar-refractivity contribution in [1.29, 1.82) is 0 Å². The molecule has 102 valence electrons. The summed E-state index contributed by atoms with van der Waals surface area (Å²) in [7, 11) is 4.06. The number of nitrogens with zero attached hydrogens (tertiary/aromatic N) is 2. The maximum absolute atomic E-state index is 5.88. The van der Waals surface area contributed by atoms with Crippen molar-refractivity contribution in [2.24, 2.45) is 7.05 Å². The Morgan fingerprint density at radius 3 is 2.94 bits per heavy atom. The lowest BCUT2D eigenvalue weighted by Crippen LogP contribution is -2.43. The lowest BCUT2D eigenvalue weighted by Gasteiger charge is -2.30. The third-order valence-electron chi connectivity index (χ3n) is 3.85. The van der Waals surface area contributed by atoms with E-state index < -0.39 is 0 Å². The Balaban J connectivity index is 2.02. The van der Waals surface area contributed by atoms with Gasteiger partial charge in [0.2, 0.25) is 0 Å². The lowest BCUT2D eigenvalue weighted by atomic mass is 9.98. The summed E-state index contributed by atoms with van der Waals surface area (Å²) >= 11 is 0. The monoisotopic (exact) mass is 251 g/mol. The van der Waals surface area contributed by atoms with E-state index in [1.165, 1.54) is 30.7 Å². The summed E-state index contributed by atoms with van der Waals surface area (Å²) in [5, 5.41) is 7.92. The van der Waals surface area contributed by atoms with Gasteiger partial charge in [-0.3, -0.25) is 4.68 Å². The highest BCUT2D eigenvalue weighted by atomic mass is 16.5. The van der Waals surface area contributed by atoms with Crippen molar-refractivity contribution in [2.45, 2.75) is 51.2 Å². The minimum Gasteiger partial charge on any atom is -0.377 e. The summed E-state index contributed by atoms with van der Waals surface area (Å²) < 4.78 is 7.89. The second-order valence-electron chi connectivity index (χ2n) is 5.11. The second-order valence-corrected chi connectivity index (χ2v) is 5.11. The van der Waals surface area contributed by atoms with Crippen LogP contribution in [-0.4, -0.2) is 35.6 Å². The van der Waals surface area contributed by atoms with Gasteiger partial charge in [0.1, 0.15) is 0 Å². The summed E-state index contributed by atoms with van der Waals surface area (Å²) in [5.41, 5.74) is 2.47. The molecule has 1 aliphatic heterocycles. The van der Waals surface area contributed by atoms with Crippen molar-refractivity contribution in [1.82, 2.24) is 15.1 Å². The molecule has 0 bridgehead atoms. The Hall–Kier alpha value is -0.870. The van der Waals surface area contributed by atoms with Crippen LogP contribution in [0.15, 0.2) is 6.07 Å². The standard InChI is InChI=1S/C14H25N3O/c1-4-11-9-12(17(3)16-11)10-13(15-2)14-7-5-6-8-18-14/h9,13-15H,4-8,10H2,1-3H3. The van der Waals surface area contributed by atoms with Crippen LogP contribution in [0.5, 0.6) is 0 Å². The van der Waals surface area contributed by atoms with Gasteiger partial charge in [0, 0.05) is 31.8 Å². The number of nitrogens with one attached hydrogen (secondary N) is 1. The first-order valence-electron chi connectivity index (χ1n) is 7.05. The van der Waals surface area contributed by atoms with Gasteiger partial charge in [0.05, 0.1) is 11.8 Å². The molecular formula is C14H25N3O. The molecule has 4 nitrogen and oxygen atoms in total. The van der Waals surface area contributed by atoms with Gasteiger partial charge >= 0.3 is 0 Å². The van der Waals surface area contributed by atoms with Crippen LogP contribution in [0.3, 0.4) is 0 Å². The molecule has 18 heavy (non-hydrogen) atoms. The van der Waals surface area contributed by atoms with Crippen LogP contribution < -0.4 is 5.32 Å². The van der Waals surface area contributed by atoms with Crippen LogP contribution >= 0.6 is 0 Å². The molecule has 2 unspecified atom stereocenters. The van der Waals surface area contributed by atoms with Crippen LogP contribution in [-0.2, 0) is 24.6 Å². The maximum atomic E-state index is 5.88. The average molecular weight is 251 g/mol. The zero-order chi connectivity index (χ0) is 13.0. The molecule has 2 rings (SSSR count). The topological polar surface area (TPSA) is 39.1 Å². The molecule has 2 heterocycles. The minimum atomic E-state index is 0.351. The summed E-state index contributed by atoms with van der Waals surface area (Å²) in [5.74, 6) is 0. The second kappa shape index (κ2) is 6.34. The number of aromatic nitrogens is 2. The number of ether oxygens (including phenoxy) is 1. The van der Waals surface area contributed by atoms with E-state index in [9.17, 15) is 0 Å². The number of hydrogen-bond donors (Lipinski definition) is 1. The summed E-state index contributed by atoms with van der Waals surface area (Å²) in [4.78, 5) is 0. The van der Waals surface area contributed by atoms with E-state index >= 15 is 0 Å². The predicted molar refractivity (Wildman–Crippen MR) is 72.7 cm³/mol. The minimum absolute atomic E-state index is 0.351. The van der Waals surface area contributed by atoms with Crippen LogP contribution in [0, 0.1) is 0 Å². The maximum Gasteiger partial charge on any atom is 0.0731 e. The molecule has 1 fully saturated rings. The highest BCUT2D eigenvalue weighted by Gasteiger charge is 2.24. The molecule has 0 aromatic carbocycles. The number of hydrogen-bond acceptors (Lipinski definition) is 3. The molecule has 1 N–H and O–H groups in total. The third kappa shape index (κ3) is 3.12. The van der Waals surface area contributed by atoms with E-state index in [4.69, 9.17) is 4.74 Å². The molecule has 1 aliphatic rings. The van der Waals surface area contributed by atoms with Crippen LogP contribution in [0.4, 0.5) is 0 Å². The molecule has 0 spiro atoms. The molecule has 1 aromatic heterocycles. The van der Waals surface area contributed by atoms with Crippen molar-refractivity contribution in [3.8, 4) is 0 Å². The number of likely N-dealkylation sites (N-methyl/N-ethyl adjacent to an activating group) is 1. The number of aryl methyl sites for hydroxylation is 2.